The molecule has 1 aliphatic rings. The molecule has 2 N–H and O–H groups in total. The molecule has 21 heavy (non-hydrogen) atoms. The lowest BCUT2D eigenvalue weighted by Gasteiger charge is -2.38. The Balaban J connectivity index is 0.00000220. The van der Waals surface area contributed by atoms with E-state index in [1.165, 1.54) is 0 Å². The maximum absolute atomic E-state index is 6.02. The maximum Gasteiger partial charge on any atom is 0.191 e. The van der Waals surface area contributed by atoms with Gasteiger partial charge in [0, 0.05) is 24.0 Å². The third-order valence-electron chi connectivity index (χ3n) is 3.51. The van der Waals surface area contributed by atoms with Crippen LogP contribution in [0.15, 0.2) is 29.3 Å². The molecule has 0 spiro atoms. The predicted molar refractivity (Wildman–Crippen MR) is 98.7 cm³/mol. The van der Waals surface area contributed by atoms with Crippen LogP contribution in [0.3, 0.4) is 0 Å². The zero-order valence-corrected chi connectivity index (χ0v) is 15.7. The Bertz CT molecular complexity index is 492. The van der Waals surface area contributed by atoms with Crippen molar-refractivity contribution in [1.82, 2.24) is 10.6 Å². The van der Waals surface area contributed by atoms with Crippen molar-refractivity contribution in [2.24, 2.45) is 10.4 Å². The van der Waals surface area contributed by atoms with Crippen LogP contribution in [0.25, 0.3) is 0 Å². The first-order chi connectivity index (χ1) is 9.52. The van der Waals surface area contributed by atoms with Crippen molar-refractivity contribution in [3.8, 4) is 0 Å². The van der Waals surface area contributed by atoms with Gasteiger partial charge in [0.25, 0.3) is 0 Å². The zero-order chi connectivity index (χ0) is 14.6. The molecule has 0 bridgehead atoms. The molecule has 0 aliphatic carbocycles. The normalized spacial score (nSPS) is 18.2. The quantitative estimate of drug-likeness (QED) is 0.444. The Morgan fingerprint density at radius 3 is 2.71 bits per heavy atom. The lowest BCUT2D eigenvalue weighted by atomic mass is 9.89. The molecule has 1 aromatic rings. The summed E-state index contributed by atoms with van der Waals surface area (Å²) in [5.41, 5.74) is 1.36. The predicted octanol–water partition coefficient (Wildman–Crippen LogP) is 3.22. The summed E-state index contributed by atoms with van der Waals surface area (Å²) in [6, 6.07) is 8.00. The van der Waals surface area contributed by atoms with Crippen LogP contribution in [-0.4, -0.2) is 32.8 Å². The van der Waals surface area contributed by atoms with Gasteiger partial charge in [0.2, 0.25) is 0 Å². The molecular formula is C15H23ClIN3O. The van der Waals surface area contributed by atoms with E-state index >= 15 is 0 Å². The lowest BCUT2D eigenvalue weighted by molar-refractivity contribution is -0.0971. The fourth-order valence-electron chi connectivity index (χ4n) is 2.11. The molecular weight excluding hydrogens is 401 g/mol. The van der Waals surface area contributed by atoms with E-state index in [9.17, 15) is 0 Å². The summed E-state index contributed by atoms with van der Waals surface area (Å²) >= 11 is 6.02. The number of guanidine groups is 1. The summed E-state index contributed by atoms with van der Waals surface area (Å²) in [6.07, 6.45) is 0. The number of rotatable bonds is 4. The Kier molecular flexibility index (Phi) is 7.23. The van der Waals surface area contributed by atoms with Gasteiger partial charge in [-0.15, -0.1) is 24.0 Å². The van der Waals surface area contributed by atoms with Crippen molar-refractivity contribution < 1.29 is 4.74 Å². The molecule has 1 aromatic carbocycles. The molecule has 0 radical (unpaired) electrons. The van der Waals surface area contributed by atoms with Crippen LogP contribution in [0.5, 0.6) is 0 Å². The Morgan fingerprint density at radius 1 is 1.48 bits per heavy atom. The molecule has 1 unspecified atom stereocenters. The van der Waals surface area contributed by atoms with Crippen LogP contribution in [0.2, 0.25) is 5.02 Å². The summed E-state index contributed by atoms with van der Waals surface area (Å²) in [7, 11) is 1.78. The highest BCUT2D eigenvalue weighted by Gasteiger charge is 2.33. The molecule has 0 aromatic heterocycles. The van der Waals surface area contributed by atoms with Gasteiger partial charge in [0.15, 0.2) is 5.96 Å². The Hall–Kier alpha value is -0.530. The van der Waals surface area contributed by atoms with E-state index in [0.29, 0.717) is 0 Å². The second-order valence-electron chi connectivity index (χ2n) is 5.65. The van der Waals surface area contributed by atoms with Gasteiger partial charge >= 0.3 is 0 Å². The van der Waals surface area contributed by atoms with Crippen molar-refractivity contribution >= 4 is 41.5 Å². The first-order valence-corrected chi connectivity index (χ1v) is 7.21. The summed E-state index contributed by atoms with van der Waals surface area (Å²) in [5.74, 6) is 0.797. The highest BCUT2D eigenvalue weighted by molar-refractivity contribution is 14.0. The van der Waals surface area contributed by atoms with Gasteiger partial charge in [-0.3, -0.25) is 4.99 Å². The third kappa shape index (κ3) is 5.30. The number of ether oxygens (including phenoxy) is 1. The van der Waals surface area contributed by atoms with Crippen LogP contribution in [0, 0.1) is 5.41 Å². The monoisotopic (exact) mass is 423 g/mol. The standard InChI is InChI=1S/C15H22ClN3O.HI/c1-11(12-5-4-6-13(16)7-12)19-14(17-3)18-8-15(2)9-20-10-15;/h4-7,11H,8-10H2,1-3H3,(H2,17,18,19);1H. The number of hydrogen-bond donors (Lipinski definition) is 2. The second-order valence-corrected chi connectivity index (χ2v) is 6.09. The molecule has 0 amide bonds. The van der Waals surface area contributed by atoms with Gasteiger partial charge in [-0.2, -0.15) is 0 Å². The van der Waals surface area contributed by atoms with Crippen LogP contribution in [0.4, 0.5) is 0 Å². The van der Waals surface area contributed by atoms with Gasteiger partial charge < -0.3 is 15.4 Å². The number of halogens is 2. The van der Waals surface area contributed by atoms with Gasteiger partial charge in [-0.05, 0) is 24.6 Å². The van der Waals surface area contributed by atoms with Crippen molar-refractivity contribution in [3.05, 3.63) is 34.9 Å². The van der Waals surface area contributed by atoms with E-state index < -0.39 is 0 Å². The molecule has 0 saturated carbocycles. The van der Waals surface area contributed by atoms with Crippen molar-refractivity contribution in [2.75, 3.05) is 26.8 Å². The summed E-state index contributed by atoms with van der Waals surface area (Å²) in [4.78, 5) is 4.26. The number of nitrogens with one attached hydrogen (secondary N) is 2. The van der Waals surface area contributed by atoms with Crippen LogP contribution in [-0.2, 0) is 4.74 Å². The molecule has 4 nitrogen and oxygen atoms in total. The van der Waals surface area contributed by atoms with E-state index in [1.807, 2.05) is 18.2 Å². The minimum atomic E-state index is 0. The van der Waals surface area contributed by atoms with Crippen molar-refractivity contribution in [1.29, 1.82) is 0 Å². The van der Waals surface area contributed by atoms with Crippen LogP contribution in [0.1, 0.15) is 25.5 Å². The smallest absolute Gasteiger partial charge is 0.191 e. The minimum absolute atomic E-state index is 0. The van der Waals surface area contributed by atoms with E-state index in [-0.39, 0.29) is 35.4 Å². The highest BCUT2D eigenvalue weighted by atomic mass is 127. The summed E-state index contributed by atoms with van der Waals surface area (Å²) in [6.45, 7) is 6.76. The Labute approximate surface area is 148 Å². The third-order valence-corrected chi connectivity index (χ3v) is 3.74. The van der Waals surface area contributed by atoms with Crippen LogP contribution < -0.4 is 10.6 Å². The first kappa shape index (κ1) is 18.5. The number of aliphatic imine (C=N–C) groups is 1. The van der Waals surface area contributed by atoms with E-state index in [1.54, 1.807) is 7.05 Å². The average molecular weight is 424 g/mol. The molecule has 1 saturated heterocycles. The number of benzene rings is 1. The molecule has 2 rings (SSSR count). The fourth-order valence-corrected chi connectivity index (χ4v) is 2.31. The maximum atomic E-state index is 6.02. The minimum Gasteiger partial charge on any atom is -0.380 e. The van der Waals surface area contributed by atoms with Gasteiger partial charge in [0.05, 0.1) is 19.3 Å². The van der Waals surface area contributed by atoms with Gasteiger partial charge in [-0.1, -0.05) is 30.7 Å². The van der Waals surface area contributed by atoms with Crippen molar-refractivity contribution in [3.63, 3.8) is 0 Å². The zero-order valence-electron chi connectivity index (χ0n) is 12.6. The van der Waals surface area contributed by atoms with E-state index in [4.69, 9.17) is 16.3 Å². The summed E-state index contributed by atoms with van der Waals surface area (Å²) < 4.78 is 5.25. The molecule has 6 heteroatoms. The lowest BCUT2D eigenvalue weighted by Crippen LogP contribution is -2.51. The topological polar surface area (TPSA) is 45.7 Å². The Morgan fingerprint density at radius 2 is 2.19 bits per heavy atom. The van der Waals surface area contributed by atoms with Crippen LogP contribution >= 0.6 is 35.6 Å². The molecule has 1 heterocycles. The molecule has 1 fully saturated rings. The number of nitrogens with zero attached hydrogens (tertiary/aromatic N) is 1. The molecule has 1 atom stereocenters. The number of hydrogen-bond acceptors (Lipinski definition) is 2. The van der Waals surface area contributed by atoms with Gasteiger partial charge in [-0.25, -0.2) is 0 Å². The average Bonchev–Trinajstić information content (AvgIpc) is 2.41. The second kappa shape index (κ2) is 8.19. The highest BCUT2D eigenvalue weighted by Crippen LogP contribution is 2.25. The van der Waals surface area contributed by atoms with Crippen molar-refractivity contribution in [2.45, 2.75) is 19.9 Å². The fraction of sp³-hybridized carbons (Fsp3) is 0.533. The van der Waals surface area contributed by atoms with Gasteiger partial charge in [0.1, 0.15) is 0 Å². The molecule has 118 valence electrons. The largest absolute Gasteiger partial charge is 0.380 e. The summed E-state index contributed by atoms with van der Waals surface area (Å²) in [5, 5.41) is 7.47. The van der Waals surface area contributed by atoms with E-state index in [2.05, 4.69) is 35.5 Å². The molecule has 1 aliphatic heterocycles. The first-order valence-electron chi connectivity index (χ1n) is 6.83. The SMILES string of the molecule is CN=C(NCC1(C)COC1)NC(C)c1cccc(Cl)c1.I. The van der Waals surface area contributed by atoms with E-state index in [0.717, 1.165) is 36.3 Å².